The first-order valence-corrected chi connectivity index (χ1v) is 4.98. The number of hydrogen-bond acceptors (Lipinski definition) is 4. The van der Waals surface area contributed by atoms with Gasteiger partial charge >= 0.3 is 5.97 Å². The van der Waals surface area contributed by atoms with Crippen LogP contribution in [-0.4, -0.2) is 24.6 Å². The molecule has 0 aliphatic heterocycles. The van der Waals surface area contributed by atoms with Crippen LogP contribution in [0.25, 0.3) is 0 Å². The molecule has 17 heavy (non-hydrogen) atoms. The Morgan fingerprint density at radius 3 is 2.59 bits per heavy atom. The second-order valence-electron chi connectivity index (χ2n) is 3.36. The van der Waals surface area contributed by atoms with E-state index >= 15 is 0 Å². The van der Waals surface area contributed by atoms with Gasteiger partial charge in [-0.3, -0.25) is 9.59 Å². The summed E-state index contributed by atoms with van der Waals surface area (Å²) < 4.78 is 17.7. The number of benzene rings is 1. The van der Waals surface area contributed by atoms with Gasteiger partial charge in [-0.1, -0.05) is 0 Å². The lowest BCUT2D eigenvalue weighted by Crippen LogP contribution is -2.19. The highest BCUT2D eigenvalue weighted by Crippen LogP contribution is 2.15. The second-order valence-corrected chi connectivity index (χ2v) is 3.36. The zero-order chi connectivity index (χ0) is 13.0. The van der Waals surface area contributed by atoms with E-state index in [-0.39, 0.29) is 23.3 Å². The minimum Gasteiger partial charge on any atom is -0.460 e. The number of Topliss-reactive ketones (excluding diaryl/α,β-unsaturated/α-hetero) is 1. The summed E-state index contributed by atoms with van der Waals surface area (Å²) in [7, 11) is 0. The van der Waals surface area contributed by atoms with Crippen LogP contribution >= 0.6 is 0 Å². The van der Waals surface area contributed by atoms with Gasteiger partial charge in [0, 0.05) is 11.1 Å². The summed E-state index contributed by atoms with van der Waals surface area (Å²) >= 11 is 0. The number of hydrogen-bond donors (Lipinski definition) is 0. The maximum absolute atomic E-state index is 13.2. The van der Waals surface area contributed by atoms with E-state index in [2.05, 4.69) is 4.74 Å². The van der Waals surface area contributed by atoms with E-state index in [1.54, 1.807) is 6.92 Å². The van der Waals surface area contributed by atoms with Crippen LogP contribution in [0.4, 0.5) is 4.39 Å². The first kappa shape index (κ1) is 13.0. The lowest BCUT2D eigenvalue weighted by molar-refractivity contribution is -0.137. The number of esters is 1. The van der Waals surface area contributed by atoms with Crippen LogP contribution in [0.3, 0.4) is 0 Å². The fourth-order valence-corrected chi connectivity index (χ4v) is 1.30. The van der Waals surface area contributed by atoms with Gasteiger partial charge < -0.3 is 4.74 Å². The smallest absolute Gasteiger partial charge is 0.379 e. The molecular formula is C12H11FO4. The topological polar surface area (TPSA) is 60.4 Å². The van der Waals surface area contributed by atoms with Gasteiger partial charge in [0.25, 0.3) is 5.78 Å². The van der Waals surface area contributed by atoms with Crippen LogP contribution in [-0.2, 0) is 9.53 Å². The van der Waals surface area contributed by atoms with Gasteiger partial charge in [-0.2, -0.15) is 0 Å². The second kappa shape index (κ2) is 5.34. The van der Waals surface area contributed by atoms with Crippen LogP contribution in [0.15, 0.2) is 12.1 Å². The predicted molar refractivity (Wildman–Crippen MR) is 57.5 cm³/mol. The molecule has 0 heterocycles. The fourth-order valence-electron chi connectivity index (χ4n) is 1.30. The number of carbonyl (C=O) groups excluding carboxylic acids is 3. The maximum Gasteiger partial charge on any atom is 0.379 e. The van der Waals surface area contributed by atoms with E-state index in [1.165, 1.54) is 13.0 Å². The Morgan fingerprint density at radius 2 is 2.06 bits per heavy atom. The van der Waals surface area contributed by atoms with Crippen molar-refractivity contribution in [2.45, 2.75) is 13.8 Å². The van der Waals surface area contributed by atoms with E-state index in [9.17, 15) is 18.8 Å². The van der Waals surface area contributed by atoms with Crippen molar-refractivity contribution >= 4 is 18.0 Å². The summed E-state index contributed by atoms with van der Waals surface area (Å²) in [6.45, 7) is 3.05. The van der Waals surface area contributed by atoms with Gasteiger partial charge in [0.1, 0.15) is 5.82 Å². The third-order valence-electron chi connectivity index (χ3n) is 2.16. The molecule has 4 nitrogen and oxygen atoms in total. The molecule has 0 atom stereocenters. The van der Waals surface area contributed by atoms with Crippen molar-refractivity contribution in [2.24, 2.45) is 0 Å². The van der Waals surface area contributed by atoms with Crippen LogP contribution in [0.1, 0.15) is 33.2 Å². The highest BCUT2D eigenvalue weighted by molar-refractivity contribution is 6.41. The van der Waals surface area contributed by atoms with Crippen molar-refractivity contribution in [1.29, 1.82) is 0 Å². The van der Waals surface area contributed by atoms with Gasteiger partial charge in [0.15, 0.2) is 6.29 Å². The van der Waals surface area contributed by atoms with Crippen molar-refractivity contribution in [2.75, 3.05) is 6.61 Å². The Morgan fingerprint density at radius 1 is 1.41 bits per heavy atom. The molecule has 0 amide bonds. The Balaban J connectivity index is 3.21. The molecule has 0 saturated heterocycles. The van der Waals surface area contributed by atoms with Crippen molar-refractivity contribution in [3.63, 3.8) is 0 Å². The van der Waals surface area contributed by atoms with Gasteiger partial charge in [-0.25, -0.2) is 9.18 Å². The molecule has 1 aromatic carbocycles. The number of halogens is 1. The zero-order valence-electron chi connectivity index (χ0n) is 9.45. The number of rotatable bonds is 4. The summed E-state index contributed by atoms with van der Waals surface area (Å²) in [6, 6.07) is 2.09. The van der Waals surface area contributed by atoms with E-state index in [1.807, 2.05) is 0 Å². The predicted octanol–water partition coefficient (Wildman–Crippen LogP) is 1.69. The molecule has 0 aliphatic carbocycles. The average Bonchev–Trinajstić information content (AvgIpc) is 2.31. The number of ether oxygens (including phenoxy) is 1. The number of aryl methyl sites for hydroxylation is 1. The molecule has 5 heteroatoms. The summed E-state index contributed by atoms with van der Waals surface area (Å²) in [4.78, 5) is 33.6. The maximum atomic E-state index is 13.2. The van der Waals surface area contributed by atoms with E-state index in [0.717, 1.165) is 6.07 Å². The van der Waals surface area contributed by atoms with E-state index < -0.39 is 17.6 Å². The average molecular weight is 238 g/mol. The minimum atomic E-state index is -1.05. The van der Waals surface area contributed by atoms with Crippen molar-refractivity contribution in [3.05, 3.63) is 34.6 Å². The lowest BCUT2D eigenvalue weighted by Gasteiger charge is -2.05. The normalized spacial score (nSPS) is 9.82. The first-order valence-electron chi connectivity index (χ1n) is 4.98. The Kier molecular flexibility index (Phi) is 4.09. The molecule has 0 bridgehead atoms. The zero-order valence-corrected chi connectivity index (χ0v) is 9.45. The number of carbonyl (C=O) groups is 3. The summed E-state index contributed by atoms with van der Waals surface area (Å²) in [6.07, 6.45) is 0.328. The Bertz CT molecular complexity index is 480. The molecular weight excluding hydrogens is 227 g/mol. The van der Waals surface area contributed by atoms with Gasteiger partial charge in [0.2, 0.25) is 0 Å². The van der Waals surface area contributed by atoms with Gasteiger partial charge in [0.05, 0.1) is 6.61 Å². The standard InChI is InChI=1S/C12H11FO4/c1-3-17-12(16)11(15)9-4-7(2)10(13)5-8(9)6-14/h4-6H,3H2,1-2H3. The van der Waals surface area contributed by atoms with E-state index in [4.69, 9.17) is 0 Å². The van der Waals surface area contributed by atoms with Crippen molar-refractivity contribution in [3.8, 4) is 0 Å². The molecule has 0 saturated carbocycles. The van der Waals surface area contributed by atoms with Crippen molar-refractivity contribution in [1.82, 2.24) is 0 Å². The highest BCUT2D eigenvalue weighted by Gasteiger charge is 2.21. The minimum absolute atomic E-state index is 0.0567. The SMILES string of the molecule is CCOC(=O)C(=O)c1cc(C)c(F)cc1C=O. The summed E-state index contributed by atoms with van der Waals surface area (Å²) in [5, 5.41) is 0. The molecule has 0 unspecified atom stereocenters. The monoisotopic (exact) mass is 238 g/mol. The van der Waals surface area contributed by atoms with Gasteiger partial charge in [-0.05, 0) is 31.5 Å². The van der Waals surface area contributed by atoms with Crippen LogP contribution in [0.5, 0.6) is 0 Å². The molecule has 1 aromatic rings. The molecule has 0 aromatic heterocycles. The number of aldehydes is 1. The molecule has 0 radical (unpaired) electrons. The van der Waals surface area contributed by atoms with Crippen molar-refractivity contribution < 1.29 is 23.5 Å². The summed E-state index contributed by atoms with van der Waals surface area (Å²) in [5.41, 5.74) is -0.119. The third kappa shape index (κ3) is 2.75. The van der Waals surface area contributed by atoms with E-state index in [0.29, 0.717) is 6.29 Å². The summed E-state index contributed by atoms with van der Waals surface area (Å²) in [5.74, 6) is -2.61. The molecule has 0 aliphatic rings. The third-order valence-corrected chi connectivity index (χ3v) is 2.16. The fraction of sp³-hybridized carbons (Fsp3) is 0.250. The largest absolute Gasteiger partial charge is 0.460 e. The Labute approximate surface area is 97.4 Å². The number of ketones is 1. The molecule has 1 rings (SSSR count). The molecule has 0 N–H and O–H groups in total. The lowest BCUT2D eigenvalue weighted by atomic mass is 10.0. The van der Waals surface area contributed by atoms with Crippen LogP contribution < -0.4 is 0 Å². The highest BCUT2D eigenvalue weighted by atomic mass is 19.1. The molecule has 0 fully saturated rings. The first-order chi connectivity index (χ1) is 8.01. The molecule has 90 valence electrons. The van der Waals surface area contributed by atoms with Crippen LogP contribution in [0, 0.1) is 12.7 Å². The van der Waals surface area contributed by atoms with Gasteiger partial charge in [-0.15, -0.1) is 0 Å². The van der Waals surface area contributed by atoms with Crippen LogP contribution in [0.2, 0.25) is 0 Å². The Hall–Kier alpha value is -2.04. The quantitative estimate of drug-likeness (QED) is 0.346. The molecule has 0 spiro atoms.